The van der Waals surface area contributed by atoms with Crippen molar-refractivity contribution in [3.05, 3.63) is 63.4 Å². The fraction of sp³-hybridized carbons (Fsp3) is 0.167. The van der Waals surface area contributed by atoms with Crippen LogP contribution >= 0.6 is 11.6 Å². The number of methoxy groups -OCH3 is 1. The minimum absolute atomic E-state index is 0.0281. The fourth-order valence-electron chi connectivity index (χ4n) is 2.75. The van der Waals surface area contributed by atoms with Gasteiger partial charge in [-0.05, 0) is 18.2 Å². The van der Waals surface area contributed by atoms with Gasteiger partial charge in [0.05, 0.1) is 28.7 Å². The van der Waals surface area contributed by atoms with Crippen LogP contribution in [-0.4, -0.2) is 34.4 Å². The van der Waals surface area contributed by atoms with Gasteiger partial charge in [0, 0.05) is 25.1 Å². The second-order valence-electron chi connectivity index (χ2n) is 5.63. The van der Waals surface area contributed by atoms with Crippen LogP contribution in [0, 0.1) is 5.82 Å². The van der Waals surface area contributed by atoms with Crippen LogP contribution in [-0.2, 0) is 6.42 Å². The van der Waals surface area contributed by atoms with E-state index in [1.807, 2.05) is 0 Å². The van der Waals surface area contributed by atoms with E-state index < -0.39 is 17.5 Å². The molecule has 0 radical (unpaired) electrons. The summed E-state index contributed by atoms with van der Waals surface area (Å²) in [6.45, 7) is 0.0281. The molecule has 27 heavy (non-hydrogen) atoms. The Morgan fingerprint density at radius 3 is 2.85 bits per heavy atom. The van der Waals surface area contributed by atoms with Crippen molar-refractivity contribution < 1.29 is 19.0 Å². The smallest absolute Gasteiger partial charge is 0.404 e. The Morgan fingerprint density at radius 1 is 1.37 bits per heavy atom. The fourth-order valence-corrected chi connectivity index (χ4v) is 3.00. The molecule has 0 unspecified atom stereocenters. The zero-order valence-corrected chi connectivity index (χ0v) is 15.0. The first-order valence-electron chi connectivity index (χ1n) is 7.92. The van der Waals surface area contributed by atoms with Crippen molar-refractivity contribution in [2.24, 2.45) is 0 Å². The second kappa shape index (κ2) is 7.63. The number of fused-ring (bicyclic) bond motifs is 1. The van der Waals surface area contributed by atoms with Crippen molar-refractivity contribution >= 4 is 28.6 Å². The van der Waals surface area contributed by atoms with E-state index in [0.29, 0.717) is 5.52 Å². The lowest BCUT2D eigenvalue weighted by molar-refractivity contribution is 0.194. The van der Waals surface area contributed by atoms with E-state index in [0.717, 1.165) is 0 Å². The zero-order valence-electron chi connectivity index (χ0n) is 14.2. The van der Waals surface area contributed by atoms with Crippen LogP contribution in [0.2, 0.25) is 5.02 Å². The monoisotopic (exact) mass is 391 g/mol. The van der Waals surface area contributed by atoms with Crippen molar-refractivity contribution in [1.29, 1.82) is 0 Å². The molecule has 9 heteroatoms. The lowest BCUT2D eigenvalue weighted by Crippen LogP contribution is -2.29. The third-order valence-electron chi connectivity index (χ3n) is 3.89. The number of carboxylic acid groups (broad SMARTS) is 1. The maximum atomic E-state index is 14.0. The average molecular weight is 392 g/mol. The Bertz CT molecular complexity index is 1080. The Labute approximate surface area is 158 Å². The molecule has 7 nitrogen and oxygen atoms in total. The summed E-state index contributed by atoms with van der Waals surface area (Å²) >= 11 is 6.17. The summed E-state index contributed by atoms with van der Waals surface area (Å²) in [6.07, 6.45) is -1.08. The van der Waals surface area contributed by atoms with Crippen LogP contribution in [0.1, 0.15) is 5.82 Å². The standard InChI is InChI=1S/C18H15ClFN3O4/c1-27-12-8-10(20)7-11(9-12)23-15(5-6-21-18(25)26)22-14-4-2-3-13(19)16(14)17(23)24/h2-4,7-9,21H,5-6H2,1H3,(H,25,26). The van der Waals surface area contributed by atoms with Gasteiger partial charge in [0.1, 0.15) is 17.4 Å². The zero-order chi connectivity index (χ0) is 19.6. The first-order chi connectivity index (χ1) is 12.9. The Balaban J connectivity index is 2.26. The minimum Gasteiger partial charge on any atom is -0.497 e. The van der Waals surface area contributed by atoms with Gasteiger partial charge in [0.15, 0.2) is 0 Å². The van der Waals surface area contributed by atoms with E-state index >= 15 is 0 Å². The number of hydrogen-bond acceptors (Lipinski definition) is 4. The van der Waals surface area contributed by atoms with Crippen molar-refractivity contribution in [3.8, 4) is 11.4 Å². The highest BCUT2D eigenvalue weighted by Crippen LogP contribution is 2.23. The van der Waals surface area contributed by atoms with Crippen molar-refractivity contribution in [3.63, 3.8) is 0 Å². The number of benzene rings is 2. The van der Waals surface area contributed by atoms with Crippen LogP contribution in [0.3, 0.4) is 0 Å². The molecule has 2 N–H and O–H groups in total. The molecule has 0 aliphatic carbocycles. The highest BCUT2D eigenvalue weighted by Gasteiger charge is 2.16. The van der Waals surface area contributed by atoms with E-state index in [2.05, 4.69) is 10.3 Å². The summed E-state index contributed by atoms with van der Waals surface area (Å²) in [7, 11) is 1.38. The van der Waals surface area contributed by atoms with Gasteiger partial charge in [0.2, 0.25) is 0 Å². The maximum absolute atomic E-state index is 14.0. The molecule has 0 bridgehead atoms. The Hall–Kier alpha value is -3.13. The van der Waals surface area contributed by atoms with Gasteiger partial charge in [-0.2, -0.15) is 0 Å². The number of rotatable bonds is 5. The van der Waals surface area contributed by atoms with E-state index in [1.54, 1.807) is 18.2 Å². The molecule has 3 rings (SSSR count). The number of hydrogen-bond donors (Lipinski definition) is 2. The molecule has 0 fully saturated rings. The van der Waals surface area contributed by atoms with Crippen molar-refractivity contribution in [2.45, 2.75) is 6.42 Å². The molecule has 1 heterocycles. The summed E-state index contributed by atoms with van der Waals surface area (Å²) in [5.74, 6) is -0.105. The Kier molecular flexibility index (Phi) is 5.27. The largest absolute Gasteiger partial charge is 0.497 e. The summed E-state index contributed by atoms with van der Waals surface area (Å²) in [4.78, 5) is 28.3. The molecular formula is C18H15ClFN3O4. The highest BCUT2D eigenvalue weighted by molar-refractivity contribution is 6.35. The molecule has 0 saturated carbocycles. The molecule has 1 amide bonds. The van der Waals surface area contributed by atoms with Crippen molar-refractivity contribution in [1.82, 2.24) is 14.9 Å². The van der Waals surface area contributed by atoms with E-state index in [1.165, 1.54) is 29.9 Å². The second-order valence-corrected chi connectivity index (χ2v) is 6.04. The lowest BCUT2D eigenvalue weighted by atomic mass is 10.2. The third-order valence-corrected chi connectivity index (χ3v) is 4.21. The molecule has 3 aromatic rings. The number of amides is 1. The molecule has 1 aromatic heterocycles. The topological polar surface area (TPSA) is 93.4 Å². The molecule has 0 saturated heterocycles. The van der Waals surface area contributed by atoms with E-state index in [4.69, 9.17) is 21.4 Å². The molecule has 2 aromatic carbocycles. The van der Waals surface area contributed by atoms with Gasteiger partial charge < -0.3 is 15.2 Å². The van der Waals surface area contributed by atoms with Crippen molar-refractivity contribution in [2.75, 3.05) is 13.7 Å². The maximum Gasteiger partial charge on any atom is 0.404 e. The molecular weight excluding hydrogens is 377 g/mol. The summed E-state index contributed by atoms with van der Waals surface area (Å²) in [5.41, 5.74) is 0.0949. The number of nitrogens with zero attached hydrogens (tertiary/aromatic N) is 2. The highest BCUT2D eigenvalue weighted by atomic mass is 35.5. The molecule has 0 aliphatic rings. The van der Waals surface area contributed by atoms with Gasteiger partial charge in [-0.25, -0.2) is 14.2 Å². The van der Waals surface area contributed by atoms with Gasteiger partial charge in [-0.1, -0.05) is 17.7 Å². The van der Waals surface area contributed by atoms with Gasteiger partial charge >= 0.3 is 6.09 Å². The van der Waals surface area contributed by atoms with Crippen LogP contribution in [0.15, 0.2) is 41.2 Å². The Morgan fingerprint density at radius 2 is 2.15 bits per heavy atom. The quantitative estimate of drug-likeness (QED) is 0.697. The normalized spacial score (nSPS) is 10.8. The summed E-state index contributed by atoms with van der Waals surface area (Å²) < 4.78 is 20.3. The summed E-state index contributed by atoms with van der Waals surface area (Å²) in [5, 5.41) is 11.4. The van der Waals surface area contributed by atoms with Gasteiger partial charge in [-0.15, -0.1) is 0 Å². The van der Waals surface area contributed by atoms with E-state index in [-0.39, 0.29) is 40.6 Å². The van der Waals surface area contributed by atoms with Gasteiger partial charge in [0.25, 0.3) is 5.56 Å². The molecule has 0 spiro atoms. The van der Waals surface area contributed by atoms with Gasteiger partial charge in [-0.3, -0.25) is 9.36 Å². The van der Waals surface area contributed by atoms with E-state index in [9.17, 15) is 14.0 Å². The van der Waals surface area contributed by atoms with Crippen LogP contribution in [0.4, 0.5) is 9.18 Å². The number of nitrogens with one attached hydrogen (secondary N) is 1. The molecule has 0 aliphatic heterocycles. The number of aromatic nitrogens is 2. The minimum atomic E-state index is -1.19. The van der Waals surface area contributed by atoms with Crippen LogP contribution in [0.25, 0.3) is 16.6 Å². The SMILES string of the molecule is COc1cc(F)cc(-n2c(CCNC(=O)O)nc3cccc(Cl)c3c2=O)c1. The summed E-state index contributed by atoms with van der Waals surface area (Å²) in [6, 6.07) is 8.70. The third kappa shape index (κ3) is 3.85. The first-order valence-corrected chi connectivity index (χ1v) is 8.30. The average Bonchev–Trinajstić information content (AvgIpc) is 2.60. The van der Waals surface area contributed by atoms with Crippen LogP contribution < -0.4 is 15.6 Å². The number of carbonyl (C=O) groups is 1. The predicted octanol–water partition coefficient (Wildman–Crippen LogP) is 3.00. The molecule has 140 valence electrons. The number of ether oxygens (including phenoxy) is 1. The number of halogens is 2. The predicted molar refractivity (Wildman–Crippen MR) is 98.6 cm³/mol. The first kappa shape index (κ1) is 18.7. The lowest BCUT2D eigenvalue weighted by Gasteiger charge is -2.15. The van der Waals surface area contributed by atoms with Crippen LogP contribution in [0.5, 0.6) is 5.75 Å². The molecule has 0 atom stereocenters.